The van der Waals surface area contributed by atoms with Crippen molar-refractivity contribution in [3.05, 3.63) is 0 Å². The van der Waals surface area contributed by atoms with Gasteiger partial charge in [0.1, 0.15) is 5.78 Å². The highest BCUT2D eigenvalue weighted by molar-refractivity contribution is 5.76. The molecule has 0 aromatic rings. The van der Waals surface area contributed by atoms with E-state index in [0.717, 1.165) is 25.7 Å². The van der Waals surface area contributed by atoms with E-state index in [0.29, 0.717) is 18.5 Å². The second-order valence-electron chi connectivity index (χ2n) is 5.11. The molecule has 0 aromatic heterocycles. The molecule has 94 valence electrons. The molecule has 0 amide bonds. The Morgan fingerprint density at radius 1 is 1.44 bits per heavy atom. The summed E-state index contributed by atoms with van der Waals surface area (Å²) in [7, 11) is 2.10. The average Bonchev–Trinajstić information content (AvgIpc) is 2.23. The first kappa shape index (κ1) is 13.7. The number of aliphatic hydroxyl groups excluding tert-OH is 1. The van der Waals surface area contributed by atoms with Crippen molar-refractivity contribution in [2.24, 2.45) is 0 Å². The van der Waals surface area contributed by atoms with E-state index in [2.05, 4.69) is 11.9 Å². The van der Waals surface area contributed by atoms with Gasteiger partial charge in [-0.3, -0.25) is 9.69 Å². The van der Waals surface area contributed by atoms with Crippen molar-refractivity contribution in [1.82, 2.24) is 4.90 Å². The summed E-state index contributed by atoms with van der Waals surface area (Å²) >= 11 is 0. The van der Waals surface area contributed by atoms with Crippen LogP contribution in [0, 0.1) is 0 Å². The largest absolute Gasteiger partial charge is 0.393 e. The number of carbonyl (C=O) groups excluding carboxylic acids is 1. The molecule has 0 saturated carbocycles. The monoisotopic (exact) mass is 227 g/mol. The minimum absolute atomic E-state index is 0.191. The lowest BCUT2D eigenvalue weighted by Gasteiger charge is -2.40. The molecule has 1 rings (SSSR count). The first-order valence-corrected chi connectivity index (χ1v) is 6.44. The van der Waals surface area contributed by atoms with Crippen LogP contribution in [-0.4, -0.2) is 41.0 Å². The predicted octanol–water partition coefficient (Wildman–Crippen LogP) is 1.98. The molecular formula is C13H25NO2. The predicted molar refractivity (Wildman–Crippen MR) is 65.4 cm³/mol. The first-order valence-electron chi connectivity index (χ1n) is 6.44. The zero-order valence-electron chi connectivity index (χ0n) is 10.8. The molecule has 1 aliphatic heterocycles. The molecule has 0 aromatic carbocycles. The zero-order chi connectivity index (χ0) is 12.1. The second-order valence-corrected chi connectivity index (χ2v) is 5.11. The molecular weight excluding hydrogens is 202 g/mol. The fourth-order valence-corrected chi connectivity index (χ4v) is 2.64. The molecule has 0 aliphatic carbocycles. The van der Waals surface area contributed by atoms with Crippen molar-refractivity contribution in [3.63, 3.8) is 0 Å². The molecule has 16 heavy (non-hydrogen) atoms. The summed E-state index contributed by atoms with van der Waals surface area (Å²) in [4.78, 5) is 13.5. The van der Waals surface area contributed by atoms with Crippen molar-refractivity contribution in [2.45, 2.75) is 70.6 Å². The Morgan fingerprint density at radius 3 is 2.62 bits per heavy atom. The Balaban J connectivity index is 2.49. The van der Waals surface area contributed by atoms with Crippen LogP contribution in [0.4, 0.5) is 0 Å². The van der Waals surface area contributed by atoms with E-state index in [-0.39, 0.29) is 11.9 Å². The van der Waals surface area contributed by atoms with Crippen LogP contribution in [0.25, 0.3) is 0 Å². The van der Waals surface area contributed by atoms with Gasteiger partial charge in [0, 0.05) is 18.5 Å². The lowest BCUT2D eigenvalue weighted by atomic mass is 9.90. The maximum Gasteiger partial charge on any atom is 0.131 e. The van der Waals surface area contributed by atoms with Gasteiger partial charge < -0.3 is 5.11 Å². The maximum absolute atomic E-state index is 11.2. The maximum atomic E-state index is 11.2. The fourth-order valence-electron chi connectivity index (χ4n) is 2.64. The molecule has 3 nitrogen and oxygen atoms in total. The van der Waals surface area contributed by atoms with Gasteiger partial charge in [-0.05, 0) is 39.7 Å². The topological polar surface area (TPSA) is 40.5 Å². The number of rotatable bonds is 5. The lowest BCUT2D eigenvalue weighted by Crippen LogP contribution is -2.45. The summed E-state index contributed by atoms with van der Waals surface area (Å²) in [5.74, 6) is 0.272. The number of hydrogen-bond acceptors (Lipinski definition) is 3. The molecule has 1 aliphatic rings. The van der Waals surface area contributed by atoms with Crippen molar-refractivity contribution in [3.8, 4) is 0 Å². The van der Waals surface area contributed by atoms with E-state index in [4.69, 9.17) is 0 Å². The Hall–Kier alpha value is -0.410. The number of carbonyl (C=O) groups is 1. The van der Waals surface area contributed by atoms with E-state index in [1.54, 1.807) is 6.92 Å². The summed E-state index contributed by atoms with van der Waals surface area (Å²) in [6.45, 7) is 3.68. The van der Waals surface area contributed by atoms with Crippen molar-refractivity contribution in [1.29, 1.82) is 0 Å². The molecule has 0 bridgehead atoms. The number of piperidine rings is 1. The number of hydrogen-bond donors (Lipinski definition) is 1. The molecule has 1 N–H and O–H groups in total. The van der Waals surface area contributed by atoms with Crippen LogP contribution in [-0.2, 0) is 4.79 Å². The van der Waals surface area contributed by atoms with Gasteiger partial charge in [-0.1, -0.05) is 13.3 Å². The van der Waals surface area contributed by atoms with Crippen molar-refractivity contribution >= 4 is 5.78 Å². The van der Waals surface area contributed by atoms with Gasteiger partial charge in [0.25, 0.3) is 0 Å². The third-order valence-corrected chi connectivity index (χ3v) is 3.77. The third-order valence-electron chi connectivity index (χ3n) is 3.77. The summed E-state index contributed by atoms with van der Waals surface area (Å²) in [5, 5.41) is 9.70. The molecule has 3 atom stereocenters. The van der Waals surface area contributed by atoms with E-state index in [1.807, 2.05) is 6.92 Å². The fraction of sp³-hybridized carbons (Fsp3) is 0.923. The SMILES string of the molecule is CCC(O)CC1CCCC(CC(C)=O)N1C. The number of nitrogens with zero attached hydrogens (tertiary/aromatic N) is 1. The van der Waals surface area contributed by atoms with Gasteiger partial charge in [-0.15, -0.1) is 0 Å². The Labute approximate surface area is 98.8 Å². The molecule has 0 spiro atoms. The molecule has 1 fully saturated rings. The van der Waals surface area contributed by atoms with Gasteiger partial charge >= 0.3 is 0 Å². The second kappa shape index (κ2) is 6.36. The van der Waals surface area contributed by atoms with E-state index >= 15 is 0 Å². The number of aliphatic hydroxyl groups is 1. The summed E-state index contributed by atoms with van der Waals surface area (Å²) in [6.07, 6.45) is 5.60. The quantitative estimate of drug-likeness (QED) is 0.780. The minimum atomic E-state index is -0.191. The standard InChI is InChI=1S/C13H25NO2/c1-4-13(16)9-12-7-5-6-11(14(12)3)8-10(2)15/h11-13,16H,4-9H2,1-3H3. The number of ketones is 1. The molecule has 3 unspecified atom stereocenters. The Morgan fingerprint density at radius 2 is 2.06 bits per heavy atom. The Kier molecular flexibility index (Phi) is 5.42. The van der Waals surface area contributed by atoms with Crippen molar-refractivity contribution < 1.29 is 9.90 Å². The average molecular weight is 227 g/mol. The van der Waals surface area contributed by atoms with Crippen LogP contribution in [0.15, 0.2) is 0 Å². The molecule has 1 heterocycles. The highest BCUT2D eigenvalue weighted by Gasteiger charge is 2.29. The minimum Gasteiger partial charge on any atom is -0.393 e. The number of likely N-dealkylation sites (tertiary alicyclic amines) is 1. The van der Waals surface area contributed by atoms with E-state index in [9.17, 15) is 9.90 Å². The van der Waals surface area contributed by atoms with Crippen LogP contribution in [0.3, 0.4) is 0 Å². The van der Waals surface area contributed by atoms with Crippen LogP contribution in [0.1, 0.15) is 52.4 Å². The molecule has 0 radical (unpaired) electrons. The first-order chi connectivity index (χ1) is 7.54. The molecule has 3 heteroatoms. The summed E-state index contributed by atoms with van der Waals surface area (Å²) < 4.78 is 0. The lowest BCUT2D eigenvalue weighted by molar-refractivity contribution is -0.118. The highest BCUT2D eigenvalue weighted by atomic mass is 16.3. The number of Topliss-reactive ketones (excluding diaryl/α,β-unsaturated/α-hetero) is 1. The van der Waals surface area contributed by atoms with Gasteiger partial charge in [0.2, 0.25) is 0 Å². The zero-order valence-corrected chi connectivity index (χ0v) is 10.8. The summed E-state index contributed by atoms with van der Waals surface area (Å²) in [6, 6.07) is 0.841. The summed E-state index contributed by atoms with van der Waals surface area (Å²) in [5.41, 5.74) is 0. The van der Waals surface area contributed by atoms with Crippen LogP contribution in [0.5, 0.6) is 0 Å². The van der Waals surface area contributed by atoms with E-state index in [1.165, 1.54) is 6.42 Å². The highest BCUT2D eigenvalue weighted by Crippen LogP contribution is 2.26. The van der Waals surface area contributed by atoms with Crippen LogP contribution >= 0.6 is 0 Å². The van der Waals surface area contributed by atoms with Gasteiger partial charge in [-0.2, -0.15) is 0 Å². The third kappa shape index (κ3) is 3.87. The normalized spacial score (nSPS) is 29.0. The van der Waals surface area contributed by atoms with Crippen LogP contribution < -0.4 is 0 Å². The van der Waals surface area contributed by atoms with Gasteiger partial charge in [0.15, 0.2) is 0 Å². The molecule has 1 saturated heterocycles. The van der Waals surface area contributed by atoms with Gasteiger partial charge in [0.05, 0.1) is 6.10 Å². The van der Waals surface area contributed by atoms with Crippen LogP contribution in [0.2, 0.25) is 0 Å². The smallest absolute Gasteiger partial charge is 0.131 e. The van der Waals surface area contributed by atoms with Crippen molar-refractivity contribution in [2.75, 3.05) is 7.05 Å². The van der Waals surface area contributed by atoms with Gasteiger partial charge in [-0.25, -0.2) is 0 Å². The van der Waals surface area contributed by atoms with E-state index < -0.39 is 0 Å². The Bertz CT molecular complexity index is 230.